The number of hydrogen-bond donors (Lipinski definition) is 0. The predicted octanol–water partition coefficient (Wildman–Crippen LogP) is 2.18. The molecule has 0 aromatic heterocycles. The monoisotopic (exact) mass is 204 g/mol. The van der Waals surface area contributed by atoms with Gasteiger partial charge < -0.3 is 0 Å². The van der Waals surface area contributed by atoms with Crippen molar-refractivity contribution in [2.45, 2.75) is 0 Å². The minimum atomic E-state index is -0.106. The summed E-state index contributed by atoms with van der Waals surface area (Å²) < 4.78 is 0. The third kappa shape index (κ3) is 45.9. The first-order valence-electron chi connectivity index (χ1n) is 0.739. The Bertz CT molecular complexity index is 11.6. The van der Waals surface area contributed by atoms with Gasteiger partial charge in [-0.2, -0.15) is 0 Å². The molecule has 0 unspecified atom stereocenters. The second-order valence-corrected chi connectivity index (χ2v) is 2.41. The topological polar surface area (TPSA) is 0 Å². The van der Waals surface area contributed by atoms with Crippen LogP contribution < -0.4 is 0 Å². The van der Waals surface area contributed by atoms with Gasteiger partial charge in [-0.25, -0.2) is 0 Å². The fraction of sp³-hybridized carbons (Fsp3) is 0. The molecule has 0 aliphatic carbocycles. The first-order chi connectivity index (χ1) is 2.41. The van der Waals surface area contributed by atoms with Gasteiger partial charge in [-0.05, 0) is 0 Å². The van der Waals surface area contributed by atoms with Crippen LogP contribution in [0, 0.1) is 0 Å². The van der Waals surface area contributed by atoms with E-state index in [0.717, 1.165) is 0 Å². The Balaban J connectivity index is 0. The molecule has 0 heterocycles. The van der Waals surface area contributed by atoms with Gasteiger partial charge in [-0.15, -0.1) is 13.2 Å². The molecular weight excluding hydrogens is 201 g/mol. The van der Waals surface area contributed by atoms with Gasteiger partial charge in [-0.1, -0.05) is 0 Å². The van der Waals surface area contributed by atoms with E-state index in [2.05, 4.69) is 13.2 Å². The Morgan fingerprint density at radius 2 is 1.20 bits per heavy atom. The van der Waals surface area contributed by atoms with Crippen molar-refractivity contribution in [1.82, 2.24) is 0 Å². The molecule has 0 aromatic carbocycles. The molecule has 0 saturated carbocycles. The van der Waals surface area contributed by atoms with Crippen molar-refractivity contribution < 1.29 is 15.9 Å². The fourth-order valence-electron chi connectivity index (χ4n) is 0. The average Bonchev–Trinajstić information content (AvgIpc) is 1.46. The first-order valence-corrected chi connectivity index (χ1v) is 4.74. The van der Waals surface area contributed by atoms with Crippen LogP contribution in [-0.4, -0.2) is 0 Å². The maximum absolute atomic E-state index is 4.81. The van der Waals surface area contributed by atoms with E-state index in [1.165, 1.54) is 0 Å². The third-order valence-corrected chi connectivity index (χ3v) is 0. The quantitative estimate of drug-likeness (QED) is 0.420. The number of rotatable bonds is 0. The van der Waals surface area contributed by atoms with E-state index in [-0.39, 0.29) is 15.9 Å². The molecule has 0 aliphatic rings. The summed E-state index contributed by atoms with van der Waals surface area (Å²) in [6.07, 6.45) is 0. The molecule has 0 bridgehead atoms. The van der Waals surface area contributed by atoms with Crippen LogP contribution in [0.3, 0.4) is 0 Å². The van der Waals surface area contributed by atoms with Gasteiger partial charge in [0, 0.05) is 0 Å². The SMILES string of the molecule is C=C.[Cl][Pd][Cl]. The van der Waals surface area contributed by atoms with Crippen molar-refractivity contribution in [1.29, 1.82) is 0 Å². The molecule has 0 aromatic rings. The zero-order chi connectivity index (χ0) is 4.71. The molecular formula is C2H4Cl2Pd. The summed E-state index contributed by atoms with van der Waals surface area (Å²) in [5.74, 6) is 0. The van der Waals surface area contributed by atoms with Crippen LogP contribution in [0.4, 0.5) is 0 Å². The van der Waals surface area contributed by atoms with Crippen LogP contribution in [0.2, 0.25) is 0 Å². The summed E-state index contributed by atoms with van der Waals surface area (Å²) in [6.45, 7) is 6.00. The standard InChI is InChI=1S/C2H4.2ClH.Pd/c1-2;;;/h1-2H2;2*1H;/q;;;+2/p-2. The summed E-state index contributed by atoms with van der Waals surface area (Å²) in [6, 6.07) is 0. The summed E-state index contributed by atoms with van der Waals surface area (Å²) >= 11 is -0.106. The zero-order valence-electron chi connectivity index (χ0n) is 2.49. The number of halogens is 2. The third-order valence-electron chi connectivity index (χ3n) is 0. The van der Waals surface area contributed by atoms with Crippen LogP contribution in [0.1, 0.15) is 0 Å². The molecule has 0 spiro atoms. The Morgan fingerprint density at radius 3 is 1.20 bits per heavy atom. The molecule has 0 fully saturated rings. The Labute approximate surface area is 48.3 Å². The van der Waals surface area contributed by atoms with Crippen LogP contribution >= 0.6 is 19.1 Å². The molecule has 0 aliphatic heterocycles. The van der Waals surface area contributed by atoms with Gasteiger partial charge in [0.15, 0.2) is 0 Å². The van der Waals surface area contributed by atoms with E-state index in [4.69, 9.17) is 19.1 Å². The summed E-state index contributed by atoms with van der Waals surface area (Å²) in [5, 5.41) is 0. The summed E-state index contributed by atoms with van der Waals surface area (Å²) in [7, 11) is 9.63. The van der Waals surface area contributed by atoms with Gasteiger partial charge >= 0.3 is 35.0 Å². The molecule has 0 rings (SSSR count). The average molecular weight is 205 g/mol. The molecule has 3 heteroatoms. The van der Waals surface area contributed by atoms with Crippen LogP contribution in [0.5, 0.6) is 0 Å². The maximum atomic E-state index is 4.81. The minimum absolute atomic E-state index is 0.106. The van der Waals surface area contributed by atoms with Crippen molar-refractivity contribution in [2.24, 2.45) is 0 Å². The van der Waals surface area contributed by atoms with Crippen molar-refractivity contribution in [3.63, 3.8) is 0 Å². The fourth-order valence-corrected chi connectivity index (χ4v) is 0. The van der Waals surface area contributed by atoms with Crippen molar-refractivity contribution in [3.8, 4) is 0 Å². The zero-order valence-corrected chi connectivity index (χ0v) is 5.55. The van der Waals surface area contributed by atoms with E-state index in [1.807, 2.05) is 0 Å². The van der Waals surface area contributed by atoms with E-state index >= 15 is 0 Å². The van der Waals surface area contributed by atoms with Crippen LogP contribution in [0.15, 0.2) is 13.2 Å². The van der Waals surface area contributed by atoms with Crippen LogP contribution in [-0.2, 0) is 15.9 Å². The van der Waals surface area contributed by atoms with E-state index in [1.54, 1.807) is 0 Å². The Hall–Kier alpha value is 0.982. The van der Waals surface area contributed by atoms with Crippen LogP contribution in [0.25, 0.3) is 0 Å². The molecule has 0 saturated heterocycles. The second kappa shape index (κ2) is 20.1. The summed E-state index contributed by atoms with van der Waals surface area (Å²) in [5.41, 5.74) is 0. The summed E-state index contributed by atoms with van der Waals surface area (Å²) in [4.78, 5) is 0. The molecule has 0 N–H and O–H groups in total. The Morgan fingerprint density at radius 1 is 1.20 bits per heavy atom. The Kier molecular flexibility index (Phi) is 37.7. The predicted molar refractivity (Wildman–Crippen MR) is 23.0 cm³/mol. The van der Waals surface area contributed by atoms with E-state index in [0.29, 0.717) is 0 Å². The second-order valence-electron chi connectivity index (χ2n) is 0.0452. The van der Waals surface area contributed by atoms with E-state index < -0.39 is 0 Å². The molecule has 0 nitrogen and oxygen atoms in total. The van der Waals surface area contributed by atoms with Gasteiger partial charge in [0.1, 0.15) is 0 Å². The molecule has 0 radical (unpaired) electrons. The normalized spacial score (nSPS) is 5.20. The van der Waals surface area contributed by atoms with Gasteiger partial charge in [0.2, 0.25) is 0 Å². The van der Waals surface area contributed by atoms with Crippen molar-refractivity contribution in [3.05, 3.63) is 13.2 Å². The molecule has 0 amide bonds. The van der Waals surface area contributed by atoms with Crippen molar-refractivity contribution in [2.75, 3.05) is 0 Å². The molecule has 36 valence electrons. The van der Waals surface area contributed by atoms with Gasteiger partial charge in [-0.3, -0.25) is 0 Å². The van der Waals surface area contributed by atoms with E-state index in [9.17, 15) is 0 Å². The number of hydrogen-bond acceptors (Lipinski definition) is 0. The molecule has 0 atom stereocenters. The van der Waals surface area contributed by atoms with Crippen molar-refractivity contribution >= 4 is 19.1 Å². The van der Waals surface area contributed by atoms with Gasteiger partial charge in [0.05, 0.1) is 0 Å². The first kappa shape index (κ1) is 9.36. The van der Waals surface area contributed by atoms with Gasteiger partial charge in [0.25, 0.3) is 0 Å². The molecule has 5 heavy (non-hydrogen) atoms.